The van der Waals surface area contributed by atoms with Crippen molar-refractivity contribution >= 4 is 0 Å². The maximum atomic E-state index is 12.3. The van der Waals surface area contributed by atoms with Crippen molar-refractivity contribution < 1.29 is 22.6 Å². The van der Waals surface area contributed by atoms with Gasteiger partial charge in [0.15, 0.2) is 0 Å². The molecule has 1 aromatic carbocycles. The van der Waals surface area contributed by atoms with Crippen LogP contribution >= 0.6 is 0 Å². The molecule has 0 spiro atoms. The van der Waals surface area contributed by atoms with Gasteiger partial charge in [-0.1, -0.05) is 12.1 Å². The fourth-order valence-corrected chi connectivity index (χ4v) is 2.38. The standard InChI is InChI=1S/C15H13F3N2O3/c16-15(17,18)23-11-3-1-10(2-4-11)7-20-9-19-13-5-6-22-8-12(13)14(20)21/h1-4,9H,5-8H2. The SMILES string of the molecule is O=c1c2c(ncn1Cc1ccc(OC(F)(F)F)cc1)CCOC2. The Kier molecular flexibility index (Phi) is 4.08. The number of hydrogen-bond acceptors (Lipinski definition) is 4. The molecule has 0 aliphatic carbocycles. The van der Waals surface area contributed by atoms with E-state index in [0.717, 1.165) is 5.69 Å². The van der Waals surface area contributed by atoms with Crippen LogP contribution in [0.15, 0.2) is 35.4 Å². The Balaban J connectivity index is 1.78. The van der Waals surface area contributed by atoms with Crippen molar-refractivity contribution in [3.63, 3.8) is 0 Å². The van der Waals surface area contributed by atoms with Gasteiger partial charge in [0.1, 0.15) is 5.75 Å². The Morgan fingerprint density at radius 1 is 1.26 bits per heavy atom. The van der Waals surface area contributed by atoms with Crippen LogP contribution in [-0.2, 0) is 24.3 Å². The number of nitrogens with zero attached hydrogens (tertiary/aromatic N) is 2. The van der Waals surface area contributed by atoms with Crippen LogP contribution in [0.2, 0.25) is 0 Å². The van der Waals surface area contributed by atoms with Crippen LogP contribution in [0.3, 0.4) is 0 Å². The van der Waals surface area contributed by atoms with Crippen LogP contribution in [0, 0.1) is 0 Å². The summed E-state index contributed by atoms with van der Waals surface area (Å²) in [5.74, 6) is -0.300. The third-order valence-corrected chi connectivity index (χ3v) is 3.46. The average Bonchev–Trinajstić information content (AvgIpc) is 2.51. The topological polar surface area (TPSA) is 53.4 Å². The zero-order valence-corrected chi connectivity index (χ0v) is 12.0. The summed E-state index contributed by atoms with van der Waals surface area (Å²) >= 11 is 0. The fourth-order valence-electron chi connectivity index (χ4n) is 2.38. The highest BCUT2D eigenvalue weighted by Gasteiger charge is 2.30. The van der Waals surface area contributed by atoms with Gasteiger partial charge < -0.3 is 9.47 Å². The number of halogens is 3. The highest BCUT2D eigenvalue weighted by atomic mass is 19.4. The first-order valence-corrected chi connectivity index (χ1v) is 6.92. The zero-order valence-electron chi connectivity index (χ0n) is 12.0. The molecule has 0 atom stereocenters. The third kappa shape index (κ3) is 3.70. The van der Waals surface area contributed by atoms with E-state index in [4.69, 9.17) is 4.74 Å². The molecule has 0 saturated heterocycles. The van der Waals surface area contributed by atoms with Crippen LogP contribution in [0.25, 0.3) is 0 Å². The number of fused-ring (bicyclic) bond motifs is 1. The van der Waals surface area contributed by atoms with Gasteiger partial charge in [-0.3, -0.25) is 9.36 Å². The molecule has 8 heteroatoms. The Labute approximate surface area is 129 Å². The second-order valence-electron chi connectivity index (χ2n) is 5.10. The van der Waals surface area contributed by atoms with E-state index in [2.05, 4.69) is 9.72 Å². The first-order chi connectivity index (χ1) is 10.9. The Morgan fingerprint density at radius 2 is 2.00 bits per heavy atom. The second kappa shape index (κ2) is 6.04. The summed E-state index contributed by atoms with van der Waals surface area (Å²) in [4.78, 5) is 16.6. The van der Waals surface area contributed by atoms with Gasteiger partial charge in [0.2, 0.25) is 0 Å². The van der Waals surface area contributed by atoms with Crippen LogP contribution < -0.4 is 10.3 Å². The largest absolute Gasteiger partial charge is 0.573 e. The van der Waals surface area contributed by atoms with E-state index in [1.165, 1.54) is 35.2 Å². The van der Waals surface area contributed by atoms with E-state index in [1.54, 1.807) is 0 Å². The van der Waals surface area contributed by atoms with Crippen LogP contribution in [0.1, 0.15) is 16.8 Å². The molecule has 0 bridgehead atoms. The monoisotopic (exact) mass is 326 g/mol. The Hall–Kier alpha value is -2.35. The molecule has 122 valence electrons. The summed E-state index contributed by atoms with van der Waals surface area (Å²) in [7, 11) is 0. The molecule has 23 heavy (non-hydrogen) atoms. The number of ether oxygens (including phenoxy) is 2. The van der Waals surface area contributed by atoms with E-state index in [-0.39, 0.29) is 24.5 Å². The summed E-state index contributed by atoms with van der Waals surface area (Å²) < 4.78 is 46.8. The van der Waals surface area contributed by atoms with Crippen molar-refractivity contribution in [3.8, 4) is 5.75 Å². The van der Waals surface area contributed by atoms with Crippen LogP contribution in [-0.4, -0.2) is 22.5 Å². The molecule has 0 N–H and O–H groups in total. The molecule has 2 aromatic rings. The molecule has 5 nitrogen and oxygen atoms in total. The van der Waals surface area contributed by atoms with Gasteiger partial charge in [0.05, 0.1) is 37.3 Å². The molecule has 1 aliphatic rings. The second-order valence-corrected chi connectivity index (χ2v) is 5.10. The van der Waals surface area contributed by atoms with Gasteiger partial charge in [-0.05, 0) is 17.7 Å². The molecule has 0 saturated carbocycles. The van der Waals surface area contributed by atoms with Gasteiger partial charge in [-0.25, -0.2) is 4.98 Å². The van der Waals surface area contributed by atoms with Gasteiger partial charge in [-0.15, -0.1) is 13.2 Å². The zero-order chi connectivity index (χ0) is 16.4. The lowest BCUT2D eigenvalue weighted by Gasteiger charge is -2.16. The smallest absolute Gasteiger partial charge is 0.406 e. The minimum atomic E-state index is -4.72. The highest BCUT2D eigenvalue weighted by Crippen LogP contribution is 2.22. The van der Waals surface area contributed by atoms with Crippen LogP contribution in [0.5, 0.6) is 5.75 Å². The van der Waals surface area contributed by atoms with Crippen molar-refractivity contribution in [3.05, 3.63) is 57.8 Å². The van der Waals surface area contributed by atoms with Crippen molar-refractivity contribution in [2.45, 2.75) is 25.9 Å². The molecular formula is C15H13F3N2O3. The lowest BCUT2D eigenvalue weighted by molar-refractivity contribution is -0.274. The molecule has 1 aromatic heterocycles. The molecular weight excluding hydrogens is 313 g/mol. The van der Waals surface area contributed by atoms with E-state index >= 15 is 0 Å². The maximum Gasteiger partial charge on any atom is 0.573 e. The molecule has 0 unspecified atom stereocenters. The van der Waals surface area contributed by atoms with Crippen molar-refractivity contribution in [2.24, 2.45) is 0 Å². The van der Waals surface area contributed by atoms with E-state index < -0.39 is 6.36 Å². The van der Waals surface area contributed by atoms with Gasteiger partial charge in [0.25, 0.3) is 5.56 Å². The normalized spacial score (nSPS) is 14.4. The van der Waals surface area contributed by atoms with Gasteiger partial charge in [0, 0.05) is 6.42 Å². The molecule has 0 fully saturated rings. The summed E-state index contributed by atoms with van der Waals surface area (Å²) in [5.41, 5.74) is 1.76. The Bertz CT molecular complexity index is 754. The van der Waals surface area contributed by atoms with Gasteiger partial charge in [-0.2, -0.15) is 0 Å². The van der Waals surface area contributed by atoms with Crippen molar-refractivity contribution in [2.75, 3.05) is 6.61 Å². The third-order valence-electron chi connectivity index (χ3n) is 3.46. The lowest BCUT2D eigenvalue weighted by Crippen LogP contribution is -2.30. The highest BCUT2D eigenvalue weighted by molar-refractivity contribution is 5.28. The maximum absolute atomic E-state index is 12.3. The van der Waals surface area contributed by atoms with E-state index in [9.17, 15) is 18.0 Å². The van der Waals surface area contributed by atoms with E-state index in [1.807, 2.05) is 0 Å². The van der Waals surface area contributed by atoms with Crippen molar-refractivity contribution in [1.29, 1.82) is 0 Å². The summed E-state index contributed by atoms with van der Waals surface area (Å²) in [5, 5.41) is 0. The first-order valence-electron chi connectivity index (χ1n) is 6.92. The number of alkyl halides is 3. The Morgan fingerprint density at radius 3 is 2.70 bits per heavy atom. The predicted molar refractivity (Wildman–Crippen MR) is 74.1 cm³/mol. The minimum Gasteiger partial charge on any atom is -0.406 e. The minimum absolute atomic E-state index is 0.190. The summed E-state index contributed by atoms with van der Waals surface area (Å²) in [6.07, 6.45) is -2.66. The first kappa shape index (κ1) is 15.5. The van der Waals surface area contributed by atoms with Crippen molar-refractivity contribution in [1.82, 2.24) is 9.55 Å². The molecule has 0 radical (unpaired) electrons. The summed E-state index contributed by atoms with van der Waals surface area (Å²) in [6.45, 7) is 0.996. The number of rotatable bonds is 3. The average molecular weight is 326 g/mol. The quantitative estimate of drug-likeness (QED) is 0.868. The number of aromatic nitrogens is 2. The molecule has 1 aliphatic heterocycles. The lowest BCUT2D eigenvalue weighted by atomic mass is 10.1. The molecule has 3 rings (SSSR count). The molecule has 2 heterocycles. The number of hydrogen-bond donors (Lipinski definition) is 0. The van der Waals surface area contributed by atoms with E-state index in [0.29, 0.717) is 24.2 Å². The van der Waals surface area contributed by atoms with Gasteiger partial charge >= 0.3 is 6.36 Å². The molecule has 0 amide bonds. The predicted octanol–water partition coefficient (Wildman–Crippen LogP) is 2.26. The van der Waals surface area contributed by atoms with Crippen LogP contribution in [0.4, 0.5) is 13.2 Å². The number of benzene rings is 1. The fraction of sp³-hybridized carbons (Fsp3) is 0.333. The summed E-state index contributed by atoms with van der Waals surface area (Å²) in [6, 6.07) is 5.37.